The Morgan fingerprint density at radius 1 is 1.00 bits per heavy atom. The SMILES string of the molecule is COc1ccc2cccc(OCC3CCN(C[C@H](O)c4ccc5c(c4)OCCO5)CC3)c2c1. The summed E-state index contributed by atoms with van der Waals surface area (Å²) in [4.78, 5) is 2.33. The van der Waals surface area contributed by atoms with Gasteiger partial charge in [-0.3, -0.25) is 0 Å². The molecule has 0 aromatic heterocycles. The number of nitrogens with zero attached hydrogens (tertiary/aromatic N) is 1. The zero-order valence-electron chi connectivity index (χ0n) is 19.0. The van der Waals surface area contributed by atoms with Crippen LogP contribution in [0.4, 0.5) is 0 Å². The van der Waals surface area contributed by atoms with Gasteiger partial charge < -0.3 is 29.0 Å². The smallest absolute Gasteiger partial charge is 0.161 e. The predicted molar refractivity (Wildman–Crippen MR) is 128 cm³/mol. The number of piperidine rings is 1. The summed E-state index contributed by atoms with van der Waals surface area (Å²) in [5.74, 6) is 3.72. The van der Waals surface area contributed by atoms with Gasteiger partial charge >= 0.3 is 0 Å². The second-order valence-electron chi connectivity index (χ2n) is 8.82. The molecule has 3 aromatic rings. The average molecular weight is 450 g/mol. The summed E-state index contributed by atoms with van der Waals surface area (Å²) < 4.78 is 22.9. The van der Waals surface area contributed by atoms with Crippen molar-refractivity contribution in [3.8, 4) is 23.0 Å². The summed E-state index contributed by atoms with van der Waals surface area (Å²) in [6.07, 6.45) is 1.57. The van der Waals surface area contributed by atoms with Gasteiger partial charge in [0.05, 0.1) is 19.8 Å². The zero-order valence-corrected chi connectivity index (χ0v) is 19.0. The summed E-state index contributed by atoms with van der Waals surface area (Å²) in [6, 6.07) is 17.9. The third-order valence-electron chi connectivity index (χ3n) is 6.61. The van der Waals surface area contributed by atoms with E-state index < -0.39 is 6.10 Å². The quantitative estimate of drug-likeness (QED) is 0.575. The molecule has 0 amide bonds. The molecule has 0 unspecified atom stereocenters. The van der Waals surface area contributed by atoms with Crippen LogP contribution in [0.1, 0.15) is 24.5 Å². The third-order valence-corrected chi connectivity index (χ3v) is 6.61. The maximum atomic E-state index is 10.8. The summed E-state index contributed by atoms with van der Waals surface area (Å²) in [5.41, 5.74) is 0.871. The van der Waals surface area contributed by atoms with Gasteiger partial charge in [0.2, 0.25) is 0 Å². The molecule has 174 valence electrons. The van der Waals surface area contributed by atoms with Crippen molar-refractivity contribution in [3.63, 3.8) is 0 Å². The minimum absolute atomic E-state index is 0.508. The Labute approximate surface area is 194 Å². The molecular weight excluding hydrogens is 418 g/mol. The first-order valence-corrected chi connectivity index (χ1v) is 11.7. The molecule has 0 radical (unpaired) electrons. The number of ether oxygens (including phenoxy) is 4. The second-order valence-corrected chi connectivity index (χ2v) is 8.82. The number of methoxy groups -OCH3 is 1. The van der Waals surface area contributed by atoms with Crippen LogP contribution < -0.4 is 18.9 Å². The van der Waals surface area contributed by atoms with Gasteiger partial charge in [0, 0.05) is 11.9 Å². The number of aliphatic hydroxyl groups excluding tert-OH is 1. The van der Waals surface area contributed by atoms with Crippen LogP contribution in [0.15, 0.2) is 54.6 Å². The van der Waals surface area contributed by atoms with Crippen LogP contribution >= 0.6 is 0 Å². The van der Waals surface area contributed by atoms with Gasteiger partial charge in [0.1, 0.15) is 24.7 Å². The first kappa shape index (κ1) is 21.9. The third kappa shape index (κ3) is 5.02. The topological polar surface area (TPSA) is 60.4 Å². The Morgan fingerprint density at radius 3 is 2.64 bits per heavy atom. The van der Waals surface area contributed by atoms with E-state index >= 15 is 0 Å². The lowest BCUT2D eigenvalue weighted by Crippen LogP contribution is -2.38. The van der Waals surface area contributed by atoms with Gasteiger partial charge in [-0.05, 0) is 73.1 Å². The van der Waals surface area contributed by atoms with Gasteiger partial charge in [0.15, 0.2) is 11.5 Å². The largest absolute Gasteiger partial charge is 0.497 e. The van der Waals surface area contributed by atoms with Crippen LogP contribution in [0.5, 0.6) is 23.0 Å². The fraction of sp³-hybridized carbons (Fsp3) is 0.407. The fourth-order valence-corrected chi connectivity index (χ4v) is 4.64. The van der Waals surface area contributed by atoms with Crippen molar-refractivity contribution in [3.05, 3.63) is 60.2 Å². The summed E-state index contributed by atoms with van der Waals surface area (Å²) in [7, 11) is 1.68. The van der Waals surface area contributed by atoms with Gasteiger partial charge in [-0.2, -0.15) is 0 Å². The van der Waals surface area contributed by atoms with Crippen LogP contribution in [-0.4, -0.2) is 56.6 Å². The molecule has 33 heavy (non-hydrogen) atoms. The number of hydrogen-bond acceptors (Lipinski definition) is 6. The van der Waals surface area contributed by atoms with Crippen molar-refractivity contribution in [2.24, 2.45) is 5.92 Å². The predicted octanol–water partition coefficient (Wildman–Crippen LogP) is 4.44. The molecule has 1 atom stereocenters. The first-order chi connectivity index (χ1) is 16.2. The van der Waals surface area contributed by atoms with Crippen molar-refractivity contribution in [2.45, 2.75) is 18.9 Å². The molecule has 3 aromatic carbocycles. The molecule has 6 heteroatoms. The Bertz CT molecular complexity index is 1090. The highest BCUT2D eigenvalue weighted by atomic mass is 16.6. The van der Waals surface area contributed by atoms with Crippen LogP contribution in [0.2, 0.25) is 0 Å². The molecule has 6 nitrogen and oxygen atoms in total. The highest BCUT2D eigenvalue weighted by Gasteiger charge is 2.23. The molecular formula is C27H31NO5. The van der Waals surface area contributed by atoms with E-state index in [1.807, 2.05) is 42.5 Å². The lowest BCUT2D eigenvalue weighted by Gasteiger charge is -2.33. The van der Waals surface area contributed by atoms with E-state index in [0.717, 1.165) is 65.3 Å². The average Bonchev–Trinajstić information content (AvgIpc) is 2.87. The lowest BCUT2D eigenvalue weighted by molar-refractivity contribution is 0.0790. The normalized spacial score (nSPS) is 17.6. The summed E-state index contributed by atoms with van der Waals surface area (Å²) >= 11 is 0. The number of rotatable bonds is 7. The summed E-state index contributed by atoms with van der Waals surface area (Å²) in [5, 5.41) is 13.0. The van der Waals surface area contributed by atoms with Crippen LogP contribution in [0.3, 0.4) is 0 Å². The molecule has 1 saturated heterocycles. The van der Waals surface area contributed by atoms with Gasteiger partial charge in [-0.15, -0.1) is 0 Å². The van der Waals surface area contributed by atoms with E-state index in [-0.39, 0.29) is 0 Å². The Kier molecular flexibility index (Phi) is 6.55. The highest BCUT2D eigenvalue weighted by Crippen LogP contribution is 2.33. The minimum Gasteiger partial charge on any atom is -0.497 e. The molecule has 1 fully saturated rings. The fourth-order valence-electron chi connectivity index (χ4n) is 4.64. The van der Waals surface area contributed by atoms with Crippen LogP contribution in [-0.2, 0) is 0 Å². The van der Waals surface area contributed by atoms with Gasteiger partial charge in [-0.1, -0.05) is 24.3 Å². The number of hydrogen-bond donors (Lipinski definition) is 1. The maximum absolute atomic E-state index is 10.8. The first-order valence-electron chi connectivity index (χ1n) is 11.7. The molecule has 0 saturated carbocycles. The minimum atomic E-state index is -0.542. The molecule has 5 rings (SSSR count). The molecule has 0 bridgehead atoms. The van der Waals surface area contributed by atoms with Crippen molar-refractivity contribution < 1.29 is 24.1 Å². The number of fused-ring (bicyclic) bond motifs is 2. The van der Waals surface area contributed by atoms with Crippen LogP contribution in [0.25, 0.3) is 10.8 Å². The molecule has 2 aliphatic heterocycles. The number of β-amino-alcohol motifs (C(OH)–C–C–N with tert-alkyl or cyclic N) is 1. The Morgan fingerprint density at radius 2 is 1.82 bits per heavy atom. The molecule has 2 heterocycles. The van der Waals surface area contributed by atoms with Crippen LogP contribution in [0, 0.1) is 5.92 Å². The highest BCUT2D eigenvalue weighted by molar-refractivity contribution is 5.89. The van der Waals surface area contributed by atoms with Gasteiger partial charge in [-0.25, -0.2) is 0 Å². The maximum Gasteiger partial charge on any atom is 0.161 e. The lowest BCUT2D eigenvalue weighted by atomic mass is 9.97. The van der Waals surface area contributed by atoms with E-state index in [1.165, 1.54) is 0 Å². The van der Waals surface area contributed by atoms with E-state index in [4.69, 9.17) is 18.9 Å². The summed E-state index contributed by atoms with van der Waals surface area (Å²) in [6.45, 7) is 4.36. The van der Waals surface area contributed by atoms with Crippen molar-refractivity contribution in [1.82, 2.24) is 4.90 Å². The van der Waals surface area contributed by atoms with E-state index in [2.05, 4.69) is 17.0 Å². The standard InChI is InChI=1S/C27H31NO5/c1-30-22-7-5-20-3-2-4-25(23(20)16-22)33-18-19-9-11-28(12-10-19)17-24(29)21-6-8-26-27(15-21)32-14-13-31-26/h2-8,15-16,19,24,29H,9-14,17-18H2,1H3/t24-/m0/s1. The van der Waals surface area contributed by atoms with Gasteiger partial charge in [0.25, 0.3) is 0 Å². The van der Waals surface area contributed by atoms with E-state index in [1.54, 1.807) is 7.11 Å². The second kappa shape index (κ2) is 9.89. The van der Waals surface area contributed by atoms with E-state index in [9.17, 15) is 5.11 Å². The Balaban J connectivity index is 1.13. The molecule has 0 aliphatic carbocycles. The number of aliphatic hydroxyl groups is 1. The van der Waals surface area contributed by atoms with Crippen molar-refractivity contribution >= 4 is 10.8 Å². The molecule has 1 N–H and O–H groups in total. The van der Waals surface area contributed by atoms with Crippen molar-refractivity contribution in [2.75, 3.05) is 46.6 Å². The Hall–Kier alpha value is -2.96. The number of likely N-dealkylation sites (tertiary alicyclic amines) is 1. The monoisotopic (exact) mass is 449 g/mol. The molecule has 2 aliphatic rings. The van der Waals surface area contributed by atoms with E-state index in [0.29, 0.717) is 32.3 Å². The zero-order chi connectivity index (χ0) is 22.6. The number of benzene rings is 3. The van der Waals surface area contributed by atoms with Crippen molar-refractivity contribution in [1.29, 1.82) is 0 Å². The molecule has 0 spiro atoms.